The second-order valence-electron chi connectivity index (χ2n) is 5.72. The van der Waals surface area contributed by atoms with Crippen molar-refractivity contribution < 1.29 is 15.0 Å². The number of aromatic carboxylic acids is 1. The monoisotopic (exact) mass is 292 g/mol. The standard InChI is InChI=1S/C14H20N4O3/c19-12-9-18(8-11(12)17-6-2-1-3-7-17)13-5-4-10(14(20)21)15-16-13/h4-5,11-12,19H,1-3,6-9H2,(H,20,21)/t11-,12-/m0/s1. The van der Waals surface area contributed by atoms with Crippen LogP contribution in [-0.2, 0) is 0 Å². The highest BCUT2D eigenvalue weighted by Crippen LogP contribution is 2.24. The van der Waals surface area contributed by atoms with Crippen LogP contribution in [0.15, 0.2) is 12.1 Å². The van der Waals surface area contributed by atoms with Crippen LogP contribution in [0.3, 0.4) is 0 Å². The van der Waals surface area contributed by atoms with E-state index in [0.717, 1.165) is 13.1 Å². The molecule has 0 aliphatic carbocycles. The summed E-state index contributed by atoms with van der Waals surface area (Å²) >= 11 is 0. The van der Waals surface area contributed by atoms with Crippen molar-refractivity contribution in [2.24, 2.45) is 0 Å². The van der Waals surface area contributed by atoms with E-state index in [4.69, 9.17) is 5.11 Å². The molecule has 2 fully saturated rings. The van der Waals surface area contributed by atoms with Gasteiger partial charge in [-0.15, -0.1) is 10.2 Å². The number of aliphatic hydroxyl groups is 1. The van der Waals surface area contributed by atoms with Gasteiger partial charge in [0, 0.05) is 13.1 Å². The topological polar surface area (TPSA) is 89.8 Å². The molecular weight excluding hydrogens is 272 g/mol. The van der Waals surface area contributed by atoms with Gasteiger partial charge in [-0.05, 0) is 38.1 Å². The zero-order chi connectivity index (χ0) is 14.8. The van der Waals surface area contributed by atoms with Crippen molar-refractivity contribution in [3.63, 3.8) is 0 Å². The second-order valence-corrected chi connectivity index (χ2v) is 5.72. The Morgan fingerprint density at radius 1 is 1.14 bits per heavy atom. The fourth-order valence-corrected chi connectivity index (χ4v) is 3.17. The van der Waals surface area contributed by atoms with Crippen LogP contribution < -0.4 is 4.90 Å². The Balaban J connectivity index is 1.68. The van der Waals surface area contributed by atoms with Gasteiger partial charge in [0.2, 0.25) is 0 Å². The number of piperidine rings is 1. The van der Waals surface area contributed by atoms with Crippen LogP contribution in [0, 0.1) is 0 Å². The van der Waals surface area contributed by atoms with E-state index >= 15 is 0 Å². The van der Waals surface area contributed by atoms with Gasteiger partial charge in [0.1, 0.15) is 0 Å². The van der Waals surface area contributed by atoms with E-state index in [1.165, 1.54) is 25.3 Å². The Bertz CT molecular complexity index is 501. The summed E-state index contributed by atoms with van der Waals surface area (Å²) < 4.78 is 0. The molecule has 3 heterocycles. The fraction of sp³-hybridized carbons (Fsp3) is 0.643. The number of β-amino-alcohol motifs (C(OH)–C–C–N with tert-alkyl or cyclic N) is 1. The van der Waals surface area contributed by atoms with Gasteiger partial charge >= 0.3 is 5.97 Å². The molecule has 0 amide bonds. The Labute approximate surface area is 123 Å². The van der Waals surface area contributed by atoms with Gasteiger partial charge in [-0.1, -0.05) is 6.42 Å². The second kappa shape index (κ2) is 5.95. The smallest absolute Gasteiger partial charge is 0.356 e. The van der Waals surface area contributed by atoms with Gasteiger partial charge in [-0.3, -0.25) is 4.90 Å². The molecule has 2 saturated heterocycles. The first-order valence-corrected chi connectivity index (χ1v) is 7.39. The number of rotatable bonds is 3. The molecule has 0 bridgehead atoms. The van der Waals surface area contributed by atoms with E-state index in [1.54, 1.807) is 6.07 Å². The Morgan fingerprint density at radius 2 is 1.90 bits per heavy atom. The SMILES string of the molecule is O=C(O)c1ccc(N2C[C@H](O)[C@@H](N3CCCCC3)C2)nn1. The zero-order valence-corrected chi connectivity index (χ0v) is 11.9. The third-order valence-electron chi connectivity index (χ3n) is 4.31. The third kappa shape index (κ3) is 2.98. The van der Waals surface area contributed by atoms with E-state index in [2.05, 4.69) is 15.1 Å². The molecule has 114 valence electrons. The van der Waals surface area contributed by atoms with Crippen molar-refractivity contribution in [3.8, 4) is 0 Å². The normalized spacial score (nSPS) is 27.0. The molecule has 2 aliphatic rings. The van der Waals surface area contributed by atoms with E-state index in [-0.39, 0.29) is 11.7 Å². The van der Waals surface area contributed by atoms with Gasteiger partial charge in [0.25, 0.3) is 0 Å². The molecule has 0 spiro atoms. The molecule has 0 aromatic carbocycles. The van der Waals surface area contributed by atoms with Gasteiger partial charge < -0.3 is 15.1 Å². The number of carbonyl (C=O) groups is 1. The predicted octanol–water partition coefficient (Wildman–Crippen LogP) is 0.210. The lowest BCUT2D eigenvalue weighted by molar-refractivity contribution is 0.0688. The lowest BCUT2D eigenvalue weighted by Crippen LogP contribution is -2.45. The molecule has 0 radical (unpaired) electrons. The fourth-order valence-electron chi connectivity index (χ4n) is 3.17. The van der Waals surface area contributed by atoms with Crippen LogP contribution in [0.25, 0.3) is 0 Å². The number of hydrogen-bond donors (Lipinski definition) is 2. The lowest BCUT2D eigenvalue weighted by Gasteiger charge is -2.33. The van der Waals surface area contributed by atoms with Crippen molar-refractivity contribution in [1.29, 1.82) is 0 Å². The summed E-state index contributed by atoms with van der Waals surface area (Å²) in [6.07, 6.45) is 3.25. The average molecular weight is 292 g/mol. The molecule has 2 aliphatic heterocycles. The van der Waals surface area contributed by atoms with Crippen molar-refractivity contribution in [3.05, 3.63) is 17.8 Å². The number of aromatic nitrogens is 2. The zero-order valence-electron chi connectivity index (χ0n) is 11.9. The predicted molar refractivity (Wildman–Crippen MR) is 76.4 cm³/mol. The molecule has 0 unspecified atom stereocenters. The van der Waals surface area contributed by atoms with Gasteiger partial charge in [0.15, 0.2) is 11.5 Å². The first-order chi connectivity index (χ1) is 10.1. The van der Waals surface area contributed by atoms with Crippen molar-refractivity contribution in [2.75, 3.05) is 31.1 Å². The van der Waals surface area contributed by atoms with Crippen molar-refractivity contribution in [1.82, 2.24) is 15.1 Å². The number of nitrogens with zero attached hydrogens (tertiary/aromatic N) is 4. The summed E-state index contributed by atoms with van der Waals surface area (Å²) in [7, 11) is 0. The highest BCUT2D eigenvalue weighted by Gasteiger charge is 2.36. The molecule has 2 atom stereocenters. The minimum atomic E-state index is -1.08. The number of aliphatic hydroxyl groups excluding tert-OH is 1. The maximum Gasteiger partial charge on any atom is 0.356 e. The highest BCUT2D eigenvalue weighted by atomic mass is 16.4. The Morgan fingerprint density at radius 3 is 2.52 bits per heavy atom. The third-order valence-corrected chi connectivity index (χ3v) is 4.31. The maximum atomic E-state index is 10.8. The number of anilines is 1. The summed E-state index contributed by atoms with van der Waals surface area (Å²) in [6.45, 7) is 3.31. The number of carboxylic acids is 1. The quantitative estimate of drug-likeness (QED) is 0.823. The molecule has 1 aromatic heterocycles. The van der Waals surface area contributed by atoms with E-state index in [1.807, 2.05) is 4.90 Å². The number of likely N-dealkylation sites (tertiary alicyclic amines) is 1. The van der Waals surface area contributed by atoms with Crippen molar-refractivity contribution in [2.45, 2.75) is 31.4 Å². The molecule has 0 saturated carbocycles. The van der Waals surface area contributed by atoms with Crippen LogP contribution in [0.4, 0.5) is 5.82 Å². The van der Waals surface area contributed by atoms with E-state index in [0.29, 0.717) is 18.9 Å². The Kier molecular flexibility index (Phi) is 4.03. The van der Waals surface area contributed by atoms with Gasteiger partial charge in [-0.25, -0.2) is 4.79 Å². The van der Waals surface area contributed by atoms with E-state index in [9.17, 15) is 9.90 Å². The van der Waals surface area contributed by atoms with Crippen LogP contribution >= 0.6 is 0 Å². The van der Waals surface area contributed by atoms with E-state index < -0.39 is 12.1 Å². The summed E-state index contributed by atoms with van der Waals surface area (Å²) in [4.78, 5) is 15.1. The molecule has 21 heavy (non-hydrogen) atoms. The first kappa shape index (κ1) is 14.2. The van der Waals surface area contributed by atoms with Crippen LogP contribution in [0.2, 0.25) is 0 Å². The molecule has 7 heteroatoms. The highest BCUT2D eigenvalue weighted by molar-refractivity contribution is 5.85. The Hall–Kier alpha value is -1.73. The molecule has 1 aromatic rings. The summed E-state index contributed by atoms with van der Waals surface area (Å²) in [5.41, 5.74) is -0.0638. The van der Waals surface area contributed by atoms with Gasteiger partial charge in [0.05, 0.1) is 12.1 Å². The number of carboxylic acid groups (broad SMARTS) is 1. The van der Waals surface area contributed by atoms with Gasteiger partial charge in [-0.2, -0.15) is 0 Å². The minimum absolute atomic E-state index is 0.0638. The minimum Gasteiger partial charge on any atom is -0.476 e. The largest absolute Gasteiger partial charge is 0.476 e. The summed E-state index contributed by atoms with van der Waals surface area (Å²) in [5, 5.41) is 26.8. The average Bonchev–Trinajstić information content (AvgIpc) is 2.90. The molecular formula is C14H20N4O3. The van der Waals surface area contributed by atoms with Crippen LogP contribution in [-0.4, -0.2) is 69.6 Å². The van der Waals surface area contributed by atoms with Crippen LogP contribution in [0.5, 0.6) is 0 Å². The summed E-state index contributed by atoms with van der Waals surface area (Å²) in [5.74, 6) is -0.458. The number of hydrogen-bond acceptors (Lipinski definition) is 6. The van der Waals surface area contributed by atoms with Crippen LogP contribution in [0.1, 0.15) is 29.8 Å². The lowest BCUT2D eigenvalue weighted by atomic mass is 10.1. The molecule has 2 N–H and O–H groups in total. The summed E-state index contributed by atoms with van der Waals surface area (Å²) in [6, 6.07) is 3.23. The molecule has 7 nitrogen and oxygen atoms in total. The molecule has 3 rings (SSSR count). The first-order valence-electron chi connectivity index (χ1n) is 7.39. The van der Waals surface area contributed by atoms with Crippen molar-refractivity contribution >= 4 is 11.8 Å². The maximum absolute atomic E-state index is 10.8.